The van der Waals surface area contributed by atoms with Crippen molar-refractivity contribution in [2.24, 2.45) is 5.92 Å². The van der Waals surface area contributed by atoms with Crippen molar-refractivity contribution in [1.29, 1.82) is 0 Å². The molecule has 1 amide bonds. The SMILES string of the molecule is CC(CNC(=O)CCn1cncn1)C(=O)O. The molecule has 7 heteroatoms. The third-order valence-electron chi connectivity index (χ3n) is 2.06. The first-order chi connectivity index (χ1) is 7.59. The molecule has 1 aromatic heterocycles. The first kappa shape index (κ1) is 12.2. The van der Waals surface area contributed by atoms with Gasteiger partial charge < -0.3 is 10.4 Å². The van der Waals surface area contributed by atoms with Gasteiger partial charge in [0.2, 0.25) is 5.91 Å². The summed E-state index contributed by atoms with van der Waals surface area (Å²) in [4.78, 5) is 25.5. The normalized spacial score (nSPS) is 12.1. The van der Waals surface area contributed by atoms with Crippen LogP contribution in [0.2, 0.25) is 0 Å². The molecule has 0 radical (unpaired) electrons. The molecule has 16 heavy (non-hydrogen) atoms. The molecule has 0 spiro atoms. The molecule has 0 aliphatic carbocycles. The number of nitrogens with one attached hydrogen (secondary N) is 1. The lowest BCUT2D eigenvalue weighted by molar-refractivity contribution is -0.141. The number of rotatable bonds is 6. The van der Waals surface area contributed by atoms with E-state index < -0.39 is 11.9 Å². The van der Waals surface area contributed by atoms with Gasteiger partial charge >= 0.3 is 5.97 Å². The molecule has 88 valence electrons. The number of nitrogens with zero attached hydrogens (tertiary/aromatic N) is 3. The van der Waals surface area contributed by atoms with Gasteiger partial charge in [-0.2, -0.15) is 5.10 Å². The fourth-order valence-corrected chi connectivity index (χ4v) is 1.01. The minimum atomic E-state index is -0.920. The molecule has 0 aliphatic rings. The highest BCUT2D eigenvalue weighted by Crippen LogP contribution is 1.93. The van der Waals surface area contributed by atoms with Gasteiger partial charge in [-0.1, -0.05) is 6.92 Å². The van der Waals surface area contributed by atoms with Crippen LogP contribution in [0.3, 0.4) is 0 Å². The maximum atomic E-state index is 11.3. The lowest BCUT2D eigenvalue weighted by Crippen LogP contribution is -2.31. The molecule has 0 aromatic carbocycles. The molecule has 1 unspecified atom stereocenters. The average molecular weight is 226 g/mol. The Labute approximate surface area is 92.5 Å². The lowest BCUT2D eigenvalue weighted by Gasteiger charge is -2.08. The second-order valence-corrected chi connectivity index (χ2v) is 3.45. The van der Waals surface area contributed by atoms with Crippen molar-refractivity contribution in [1.82, 2.24) is 20.1 Å². The van der Waals surface area contributed by atoms with Crippen molar-refractivity contribution in [3.8, 4) is 0 Å². The molecule has 1 rings (SSSR count). The van der Waals surface area contributed by atoms with E-state index in [0.717, 1.165) is 0 Å². The Balaban J connectivity index is 2.19. The van der Waals surface area contributed by atoms with Gasteiger partial charge in [0.15, 0.2) is 0 Å². The highest BCUT2D eigenvalue weighted by atomic mass is 16.4. The van der Waals surface area contributed by atoms with Gasteiger partial charge in [-0.3, -0.25) is 14.3 Å². The molecular weight excluding hydrogens is 212 g/mol. The van der Waals surface area contributed by atoms with E-state index in [9.17, 15) is 9.59 Å². The van der Waals surface area contributed by atoms with E-state index in [2.05, 4.69) is 15.4 Å². The Morgan fingerprint density at radius 1 is 1.56 bits per heavy atom. The number of carboxylic acids is 1. The van der Waals surface area contributed by atoms with Crippen molar-refractivity contribution in [2.45, 2.75) is 19.9 Å². The summed E-state index contributed by atoms with van der Waals surface area (Å²) in [5.41, 5.74) is 0. The molecule has 0 saturated heterocycles. The molecule has 1 heterocycles. The van der Waals surface area contributed by atoms with E-state index in [1.807, 2.05) is 0 Å². The number of amides is 1. The summed E-state index contributed by atoms with van der Waals surface area (Å²) in [5, 5.41) is 15.0. The zero-order valence-electron chi connectivity index (χ0n) is 8.96. The van der Waals surface area contributed by atoms with Crippen LogP contribution in [-0.4, -0.2) is 38.3 Å². The number of aryl methyl sites for hydroxylation is 1. The monoisotopic (exact) mass is 226 g/mol. The maximum absolute atomic E-state index is 11.3. The summed E-state index contributed by atoms with van der Waals surface area (Å²) in [7, 11) is 0. The van der Waals surface area contributed by atoms with Crippen molar-refractivity contribution < 1.29 is 14.7 Å². The quantitative estimate of drug-likeness (QED) is 0.681. The van der Waals surface area contributed by atoms with E-state index in [1.54, 1.807) is 11.6 Å². The number of hydrogen-bond acceptors (Lipinski definition) is 4. The van der Waals surface area contributed by atoms with Crippen LogP contribution in [0.15, 0.2) is 12.7 Å². The molecule has 7 nitrogen and oxygen atoms in total. The summed E-state index contributed by atoms with van der Waals surface area (Å²) in [5.74, 6) is -1.68. The average Bonchev–Trinajstić information content (AvgIpc) is 2.75. The highest BCUT2D eigenvalue weighted by Gasteiger charge is 2.11. The minimum absolute atomic E-state index is 0.144. The van der Waals surface area contributed by atoms with Crippen LogP contribution in [0.5, 0.6) is 0 Å². The third-order valence-corrected chi connectivity index (χ3v) is 2.06. The summed E-state index contributed by atoms with van der Waals surface area (Å²) >= 11 is 0. The minimum Gasteiger partial charge on any atom is -0.481 e. The number of hydrogen-bond donors (Lipinski definition) is 2. The van der Waals surface area contributed by atoms with Crippen LogP contribution in [0, 0.1) is 5.92 Å². The molecule has 1 aromatic rings. The van der Waals surface area contributed by atoms with Crippen molar-refractivity contribution >= 4 is 11.9 Å². The van der Waals surface area contributed by atoms with E-state index in [4.69, 9.17) is 5.11 Å². The van der Waals surface area contributed by atoms with Crippen LogP contribution < -0.4 is 5.32 Å². The van der Waals surface area contributed by atoms with E-state index in [-0.39, 0.29) is 18.9 Å². The number of aromatic nitrogens is 3. The van der Waals surface area contributed by atoms with Gasteiger partial charge in [-0.05, 0) is 0 Å². The van der Waals surface area contributed by atoms with Gasteiger partial charge in [-0.25, -0.2) is 4.98 Å². The molecule has 0 bridgehead atoms. The first-order valence-electron chi connectivity index (χ1n) is 4.91. The number of carboxylic acid groups (broad SMARTS) is 1. The predicted molar refractivity (Wildman–Crippen MR) is 54.4 cm³/mol. The molecule has 2 N–H and O–H groups in total. The van der Waals surface area contributed by atoms with Gasteiger partial charge in [0, 0.05) is 13.0 Å². The standard InChI is InChI=1S/C9H14N4O3/c1-7(9(15)16)4-11-8(14)2-3-13-6-10-5-12-13/h5-7H,2-4H2,1H3,(H,11,14)(H,15,16). The van der Waals surface area contributed by atoms with Gasteiger partial charge in [0.25, 0.3) is 0 Å². The van der Waals surface area contributed by atoms with Crippen molar-refractivity contribution in [3.05, 3.63) is 12.7 Å². The summed E-state index contributed by atoms with van der Waals surface area (Å²) in [6.07, 6.45) is 3.17. The third kappa shape index (κ3) is 4.07. The molecule has 0 aliphatic heterocycles. The zero-order chi connectivity index (χ0) is 12.0. The number of carbonyl (C=O) groups excluding carboxylic acids is 1. The van der Waals surface area contributed by atoms with Crippen LogP contribution in [0.4, 0.5) is 0 Å². The lowest BCUT2D eigenvalue weighted by atomic mass is 10.2. The van der Waals surface area contributed by atoms with E-state index in [1.165, 1.54) is 12.7 Å². The van der Waals surface area contributed by atoms with Crippen LogP contribution >= 0.6 is 0 Å². The second-order valence-electron chi connectivity index (χ2n) is 3.45. The first-order valence-corrected chi connectivity index (χ1v) is 4.91. The topological polar surface area (TPSA) is 97.1 Å². The Morgan fingerprint density at radius 3 is 2.88 bits per heavy atom. The molecule has 1 atom stereocenters. The van der Waals surface area contributed by atoms with Crippen molar-refractivity contribution in [3.63, 3.8) is 0 Å². The van der Waals surface area contributed by atoms with Crippen LogP contribution in [0.1, 0.15) is 13.3 Å². The number of aliphatic carboxylic acids is 1. The fraction of sp³-hybridized carbons (Fsp3) is 0.556. The molecule has 0 saturated carbocycles. The molecule has 0 fully saturated rings. The smallest absolute Gasteiger partial charge is 0.308 e. The van der Waals surface area contributed by atoms with E-state index in [0.29, 0.717) is 6.54 Å². The largest absolute Gasteiger partial charge is 0.481 e. The zero-order valence-corrected chi connectivity index (χ0v) is 8.96. The van der Waals surface area contributed by atoms with Gasteiger partial charge in [0.1, 0.15) is 12.7 Å². The number of carbonyl (C=O) groups is 2. The van der Waals surface area contributed by atoms with E-state index >= 15 is 0 Å². The second kappa shape index (κ2) is 5.84. The predicted octanol–water partition coefficient (Wildman–Crippen LogP) is -0.495. The Bertz CT molecular complexity index is 350. The summed E-state index contributed by atoms with van der Waals surface area (Å²) < 4.78 is 1.54. The van der Waals surface area contributed by atoms with Crippen LogP contribution in [-0.2, 0) is 16.1 Å². The van der Waals surface area contributed by atoms with Crippen LogP contribution in [0.25, 0.3) is 0 Å². The van der Waals surface area contributed by atoms with Gasteiger partial charge in [0.05, 0.1) is 12.5 Å². The molecular formula is C9H14N4O3. The summed E-state index contributed by atoms with van der Waals surface area (Å²) in [6, 6.07) is 0. The Kier molecular flexibility index (Phi) is 4.43. The maximum Gasteiger partial charge on any atom is 0.308 e. The highest BCUT2D eigenvalue weighted by molar-refractivity contribution is 5.77. The van der Waals surface area contributed by atoms with Crippen molar-refractivity contribution in [2.75, 3.05) is 6.54 Å². The Morgan fingerprint density at radius 2 is 2.31 bits per heavy atom. The summed E-state index contributed by atoms with van der Waals surface area (Å²) in [6.45, 7) is 2.12. The van der Waals surface area contributed by atoms with Gasteiger partial charge in [-0.15, -0.1) is 0 Å². The fourth-order valence-electron chi connectivity index (χ4n) is 1.01. The Hall–Kier alpha value is -1.92.